The summed E-state index contributed by atoms with van der Waals surface area (Å²) in [5.74, 6) is -2.78. The zero-order valence-corrected chi connectivity index (χ0v) is 28.0. The second-order valence-electron chi connectivity index (χ2n) is 13.2. The number of allylic oxidation sites excluding steroid dienone is 1. The number of anilines is 1. The number of aliphatic hydroxyl groups is 1. The van der Waals surface area contributed by atoms with Crippen molar-refractivity contribution in [1.29, 1.82) is 0 Å². The van der Waals surface area contributed by atoms with E-state index < -0.39 is 47.7 Å². The molecule has 4 aliphatic heterocycles. The summed E-state index contributed by atoms with van der Waals surface area (Å²) in [6.45, 7) is 2.37. The van der Waals surface area contributed by atoms with Gasteiger partial charge in [0.1, 0.15) is 29.4 Å². The Balaban J connectivity index is 1.41. The van der Waals surface area contributed by atoms with E-state index in [4.69, 9.17) is 14.2 Å². The summed E-state index contributed by atoms with van der Waals surface area (Å²) in [7, 11) is 1.57. The molecule has 1 spiro atoms. The minimum atomic E-state index is -1.36. The van der Waals surface area contributed by atoms with Crippen LogP contribution in [0.15, 0.2) is 78.9 Å². The van der Waals surface area contributed by atoms with Crippen LogP contribution in [0, 0.1) is 11.8 Å². The van der Waals surface area contributed by atoms with Gasteiger partial charge in [-0.15, -0.1) is 0 Å². The number of amides is 3. The van der Waals surface area contributed by atoms with E-state index in [-0.39, 0.29) is 37.3 Å². The monoisotopic (exact) mass is 671 g/mol. The Bertz CT molecular complexity index is 1580. The normalized spacial score (nSPS) is 30.7. The van der Waals surface area contributed by atoms with E-state index in [1.807, 2.05) is 42.5 Å². The average Bonchev–Trinajstić information content (AvgIpc) is 3.75. The maximum atomic E-state index is 14.9. The molecule has 0 aromatic heterocycles. The number of aliphatic hydroxyl groups excluding tert-OH is 1. The molecule has 4 heterocycles. The van der Waals surface area contributed by atoms with Gasteiger partial charge in [-0.05, 0) is 56.0 Å². The van der Waals surface area contributed by atoms with Crippen molar-refractivity contribution in [2.24, 2.45) is 11.8 Å². The molecule has 0 radical (unpaired) electrons. The van der Waals surface area contributed by atoms with Crippen LogP contribution in [0.4, 0.5) is 5.69 Å². The van der Waals surface area contributed by atoms with Crippen molar-refractivity contribution in [3.63, 3.8) is 0 Å². The second-order valence-corrected chi connectivity index (χ2v) is 13.2. The van der Waals surface area contributed by atoms with Gasteiger partial charge in [-0.1, -0.05) is 67.5 Å². The molecule has 11 nitrogen and oxygen atoms in total. The van der Waals surface area contributed by atoms with Gasteiger partial charge in [0.15, 0.2) is 0 Å². The quantitative estimate of drug-likeness (QED) is 0.233. The Labute approximate surface area is 286 Å². The first-order chi connectivity index (χ1) is 23.8. The van der Waals surface area contributed by atoms with Crippen molar-refractivity contribution in [2.45, 2.75) is 75.3 Å². The summed E-state index contributed by atoms with van der Waals surface area (Å²) in [4.78, 5) is 59.9. The van der Waals surface area contributed by atoms with Crippen LogP contribution in [0.1, 0.15) is 57.1 Å². The molecule has 3 amide bonds. The Morgan fingerprint density at radius 1 is 0.959 bits per heavy atom. The lowest BCUT2D eigenvalue weighted by atomic mass is 9.74. The van der Waals surface area contributed by atoms with Gasteiger partial charge in [0.25, 0.3) is 5.91 Å². The molecular formula is C38H45N3O8. The number of cyclic esters (lactones) is 1. The highest BCUT2D eigenvalue weighted by molar-refractivity contribution is 6.05. The molecule has 6 rings (SSSR count). The highest BCUT2D eigenvalue weighted by Crippen LogP contribution is 2.56. The minimum absolute atomic E-state index is 0.0926. The van der Waals surface area contributed by atoms with Crippen LogP contribution in [0.2, 0.25) is 0 Å². The number of hydrogen-bond donors (Lipinski definition) is 2. The number of fused-ring (bicyclic) bond motifs is 2. The highest BCUT2D eigenvalue weighted by atomic mass is 16.6. The van der Waals surface area contributed by atoms with E-state index in [0.717, 1.165) is 12.8 Å². The van der Waals surface area contributed by atoms with Gasteiger partial charge in [0.05, 0.1) is 25.2 Å². The third-order valence-corrected chi connectivity index (χ3v) is 10.0. The lowest BCUT2D eigenvalue weighted by molar-refractivity contribution is -0.161. The number of esters is 1. The molecule has 2 saturated heterocycles. The number of ether oxygens (including phenoxy) is 3. The molecular weight excluding hydrogens is 626 g/mol. The number of benzene rings is 2. The SMILES string of the molecule is COc1ccc(N2C/C=C\CCC(=O)N[C@H](C)[C@@H](c3ccccc3)OC(=O)[C@@H]3[C@@H]4C=C[C@]5(O4)[C@H](C2=O)N(CCCCCCO)C(=O)[C@@H]35)cc1. The predicted molar refractivity (Wildman–Crippen MR) is 181 cm³/mol. The summed E-state index contributed by atoms with van der Waals surface area (Å²) < 4.78 is 18.2. The zero-order chi connectivity index (χ0) is 34.5. The number of rotatable bonds is 9. The fourth-order valence-corrected chi connectivity index (χ4v) is 7.66. The number of carbonyl (C=O) groups excluding carboxylic acids is 4. The lowest BCUT2D eigenvalue weighted by Crippen LogP contribution is -2.56. The number of unbranched alkanes of at least 4 members (excludes halogenated alkanes) is 3. The molecule has 2 N–H and O–H groups in total. The second kappa shape index (κ2) is 15.0. The maximum absolute atomic E-state index is 14.9. The topological polar surface area (TPSA) is 135 Å². The summed E-state index contributed by atoms with van der Waals surface area (Å²) in [5.41, 5.74) is -0.0486. The molecule has 7 atom stereocenters. The molecule has 2 aromatic carbocycles. The summed E-state index contributed by atoms with van der Waals surface area (Å²) in [6, 6.07) is 14.8. The number of methoxy groups -OCH3 is 1. The molecule has 11 heteroatoms. The van der Waals surface area contributed by atoms with Crippen LogP contribution >= 0.6 is 0 Å². The van der Waals surface area contributed by atoms with Crippen molar-refractivity contribution in [2.75, 3.05) is 31.7 Å². The van der Waals surface area contributed by atoms with Crippen molar-refractivity contribution < 1.29 is 38.5 Å². The summed E-state index contributed by atoms with van der Waals surface area (Å²) in [6.07, 6.45) is 9.20. The van der Waals surface area contributed by atoms with Crippen LogP contribution in [-0.4, -0.2) is 84.3 Å². The van der Waals surface area contributed by atoms with Crippen LogP contribution in [0.25, 0.3) is 0 Å². The van der Waals surface area contributed by atoms with Crippen molar-refractivity contribution in [1.82, 2.24) is 10.2 Å². The van der Waals surface area contributed by atoms with E-state index in [2.05, 4.69) is 5.32 Å². The molecule has 0 aliphatic carbocycles. The van der Waals surface area contributed by atoms with Gasteiger partial charge < -0.3 is 34.4 Å². The molecule has 260 valence electrons. The van der Waals surface area contributed by atoms with E-state index >= 15 is 0 Å². The van der Waals surface area contributed by atoms with Gasteiger partial charge in [-0.2, -0.15) is 0 Å². The molecule has 0 unspecified atom stereocenters. The minimum Gasteiger partial charge on any atom is -0.497 e. The lowest BCUT2D eigenvalue weighted by Gasteiger charge is -2.36. The number of likely N-dealkylation sites (tertiary alicyclic amines) is 1. The van der Waals surface area contributed by atoms with Crippen LogP contribution in [0.5, 0.6) is 5.75 Å². The summed E-state index contributed by atoms with van der Waals surface area (Å²) >= 11 is 0. The number of carbonyl (C=O) groups is 4. The number of nitrogens with zero attached hydrogens (tertiary/aromatic N) is 2. The van der Waals surface area contributed by atoms with E-state index in [9.17, 15) is 24.3 Å². The first-order valence-corrected chi connectivity index (χ1v) is 17.2. The van der Waals surface area contributed by atoms with Crippen LogP contribution < -0.4 is 15.0 Å². The van der Waals surface area contributed by atoms with E-state index in [0.29, 0.717) is 42.8 Å². The van der Waals surface area contributed by atoms with Crippen LogP contribution in [0.3, 0.4) is 0 Å². The van der Waals surface area contributed by atoms with Gasteiger partial charge in [0, 0.05) is 31.8 Å². The van der Waals surface area contributed by atoms with Crippen molar-refractivity contribution >= 4 is 29.4 Å². The maximum Gasteiger partial charge on any atom is 0.313 e. The van der Waals surface area contributed by atoms with E-state index in [1.54, 1.807) is 60.3 Å². The molecule has 4 aliphatic rings. The smallest absolute Gasteiger partial charge is 0.313 e. The number of nitrogens with one attached hydrogen (secondary N) is 1. The van der Waals surface area contributed by atoms with Crippen molar-refractivity contribution in [3.05, 3.63) is 84.5 Å². The van der Waals surface area contributed by atoms with Gasteiger partial charge in [0.2, 0.25) is 11.8 Å². The largest absolute Gasteiger partial charge is 0.497 e. The predicted octanol–water partition coefficient (Wildman–Crippen LogP) is 3.87. The average molecular weight is 672 g/mol. The molecule has 49 heavy (non-hydrogen) atoms. The Kier molecular flexibility index (Phi) is 10.5. The van der Waals surface area contributed by atoms with Crippen molar-refractivity contribution in [3.8, 4) is 5.75 Å². The van der Waals surface area contributed by atoms with Gasteiger partial charge in [-0.3, -0.25) is 19.2 Å². The fraction of sp³-hybridized carbons (Fsp3) is 0.474. The van der Waals surface area contributed by atoms with E-state index in [1.165, 1.54) is 0 Å². The standard InChI is InChI=1S/C38H45N3O8/c1-25-33(26-13-7-5-8-14-26)48-37(46)31-29-20-21-38(49-29)32(31)35(44)41(23-10-3-4-12-24-42)34(38)36(45)40(22-11-6-9-15-30(43)39-25)27-16-18-28(47-2)19-17-27/h5-8,11,13-14,16-21,25,29,31-34,42H,3-4,9-10,12,15,22-24H2,1-2H3,(H,39,43)/b11-6-/t25-,29+,31-,32-,33+,34+,38-/m1/s1. The van der Waals surface area contributed by atoms with Gasteiger partial charge >= 0.3 is 5.97 Å². The Hall–Kier alpha value is -4.48. The van der Waals surface area contributed by atoms with Crippen LogP contribution in [-0.2, 0) is 28.7 Å². The third kappa shape index (κ3) is 6.74. The first-order valence-electron chi connectivity index (χ1n) is 17.2. The first kappa shape index (κ1) is 34.4. The molecule has 2 fully saturated rings. The molecule has 5 bridgehead atoms. The number of hydrogen-bond acceptors (Lipinski definition) is 8. The zero-order valence-electron chi connectivity index (χ0n) is 28.0. The summed E-state index contributed by atoms with van der Waals surface area (Å²) in [5, 5.41) is 12.3. The Morgan fingerprint density at radius 3 is 2.45 bits per heavy atom. The highest BCUT2D eigenvalue weighted by Gasteiger charge is 2.73. The third-order valence-electron chi connectivity index (χ3n) is 10.0. The van der Waals surface area contributed by atoms with Gasteiger partial charge in [-0.25, -0.2) is 0 Å². The molecule has 2 aromatic rings. The molecule has 0 saturated carbocycles. The Morgan fingerprint density at radius 2 is 1.71 bits per heavy atom. The fourth-order valence-electron chi connectivity index (χ4n) is 7.66.